The second-order valence-corrected chi connectivity index (χ2v) is 8.77. The van der Waals surface area contributed by atoms with Crippen LogP contribution in [0.2, 0.25) is 5.02 Å². The van der Waals surface area contributed by atoms with Crippen LogP contribution in [0.4, 0.5) is 8.78 Å². The Balaban J connectivity index is 1.23. The minimum absolute atomic E-state index is 0.0549. The number of Topliss-reactive ketones (excluding diaryl/α,β-unsaturated/α-hetero) is 1. The number of likely N-dealkylation sites (tertiary alicyclic amines) is 1. The van der Waals surface area contributed by atoms with E-state index in [9.17, 15) is 18.4 Å². The highest BCUT2D eigenvalue weighted by Crippen LogP contribution is 2.33. The van der Waals surface area contributed by atoms with Crippen LogP contribution in [0.3, 0.4) is 0 Å². The number of pyridine rings is 1. The third-order valence-electron chi connectivity index (χ3n) is 5.82. The van der Waals surface area contributed by atoms with Gasteiger partial charge in [0, 0.05) is 47.6 Å². The van der Waals surface area contributed by atoms with Gasteiger partial charge in [-0.2, -0.15) is 0 Å². The molecular weight excluding hydrogens is 466 g/mol. The molecule has 2 aliphatic rings. The van der Waals surface area contributed by atoms with E-state index < -0.39 is 17.5 Å². The summed E-state index contributed by atoms with van der Waals surface area (Å²) in [6.07, 6.45) is 1.25. The van der Waals surface area contributed by atoms with E-state index in [1.165, 1.54) is 23.1 Å². The molecule has 0 atom stereocenters. The molecule has 0 spiro atoms. The quantitative estimate of drug-likeness (QED) is 0.539. The number of carbonyl (C=O) groups excluding carboxylic acids is 2. The Labute approximate surface area is 199 Å². The molecule has 1 saturated heterocycles. The number of benzene rings is 2. The largest absolute Gasteiger partial charge is 0.492 e. The van der Waals surface area contributed by atoms with Crippen LogP contribution in [0.1, 0.15) is 15.9 Å². The Morgan fingerprint density at radius 1 is 1.18 bits per heavy atom. The minimum atomic E-state index is -0.671. The first-order chi connectivity index (χ1) is 16.4. The van der Waals surface area contributed by atoms with Crippen molar-refractivity contribution in [1.82, 2.24) is 9.88 Å². The van der Waals surface area contributed by atoms with Crippen molar-refractivity contribution >= 4 is 23.3 Å². The van der Waals surface area contributed by atoms with Gasteiger partial charge in [0.25, 0.3) is 5.91 Å². The normalized spacial score (nSPS) is 15.4. The fourth-order valence-corrected chi connectivity index (χ4v) is 4.21. The smallest absolute Gasteiger partial charge is 0.256 e. The van der Waals surface area contributed by atoms with Crippen LogP contribution in [-0.2, 0) is 11.2 Å². The van der Waals surface area contributed by atoms with Crippen molar-refractivity contribution in [3.05, 3.63) is 76.4 Å². The Morgan fingerprint density at radius 3 is 2.76 bits per heavy atom. The highest BCUT2D eigenvalue weighted by atomic mass is 35.5. The number of amides is 1. The average Bonchev–Trinajstić information content (AvgIpc) is 2.79. The van der Waals surface area contributed by atoms with Gasteiger partial charge in [0.15, 0.2) is 5.78 Å². The Hall–Kier alpha value is -3.52. The maximum Gasteiger partial charge on any atom is 0.256 e. The predicted molar refractivity (Wildman–Crippen MR) is 120 cm³/mol. The van der Waals surface area contributed by atoms with Gasteiger partial charge in [-0.05, 0) is 36.4 Å². The van der Waals surface area contributed by atoms with Crippen molar-refractivity contribution < 1.29 is 27.8 Å². The molecule has 0 radical (unpaired) electrons. The summed E-state index contributed by atoms with van der Waals surface area (Å²) in [5.74, 6) is -0.762. The van der Waals surface area contributed by atoms with Gasteiger partial charge in [-0.25, -0.2) is 8.78 Å². The van der Waals surface area contributed by atoms with Crippen LogP contribution in [-0.4, -0.2) is 47.9 Å². The van der Waals surface area contributed by atoms with Gasteiger partial charge in [-0.1, -0.05) is 11.6 Å². The van der Waals surface area contributed by atoms with E-state index in [0.29, 0.717) is 53.0 Å². The predicted octanol–water partition coefficient (Wildman–Crippen LogP) is 4.34. The Morgan fingerprint density at radius 2 is 2.00 bits per heavy atom. The van der Waals surface area contributed by atoms with E-state index >= 15 is 0 Å². The van der Waals surface area contributed by atoms with Crippen molar-refractivity contribution in [1.29, 1.82) is 0 Å². The average molecular weight is 485 g/mol. The summed E-state index contributed by atoms with van der Waals surface area (Å²) < 4.78 is 38.9. The monoisotopic (exact) mass is 484 g/mol. The lowest BCUT2D eigenvalue weighted by molar-refractivity contribution is -0.121. The summed E-state index contributed by atoms with van der Waals surface area (Å²) in [6, 6.07) is 10.5. The van der Waals surface area contributed by atoms with E-state index in [1.54, 1.807) is 24.3 Å². The fourth-order valence-electron chi connectivity index (χ4n) is 4.04. The van der Waals surface area contributed by atoms with Crippen molar-refractivity contribution in [2.24, 2.45) is 5.92 Å². The van der Waals surface area contributed by atoms with Crippen LogP contribution < -0.4 is 9.47 Å². The Bertz CT molecular complexity index is 1280. The second kappa shape index (κ2) is 9.02. The van der Waals surface area contributed by atoms with Crippen LogP contribution in [0, 0.1) is 17.6 Å². The molecular formula is C25H19ClF2N2O4. The molecule has 5 rings (SSSR count). The first-order valence-electron chi connectivity index (χ1n) is 10.7. The number of hydrogen-bond donors (Lipinski definition) is 0. The topological polar surface area (TPSA) is 68.7 Å². The third-order valence-corrected chi connectivity index (χ3v) is 6.06. The first-order valence-corrected chi connectivity index (χ1v) is 11.1. The van der Waals surface area contributed by atoms with E-state index in [1.807, 2.05) is 0 Å². The highest BCUT2D eigenvalue weighted by Gasteiger charge is 2.34. The Kier molecular flexibility index (Phi) is 5.91. The summed E-state index contributed by atoms with van der Waals surface area (Å²) in [4.78, 5) is 30.1. The molecule has 6 nitrogen and oxygen atoms in total. The van der Waals surface area contributed by atoms with Crippen molar-refractivity contribution in [3.8, 4) is 22.8 Å². The van der Waals surface area contributed by atoms with E-state index in [-0.39, 0.29) is 30.3 Å². The molecule has 0 saturated carbocycles. The molecule has 2 aliphatic heterocycles. The number of fused-ring (bicyclic) bond motifs is 1. The van der Waals surface area contributed by atoms with E-state index in [2.05, 4.69) is 4.98 Å². The number of ketones is 1. The molecule has 1 aromatic heterocycles. The molecule has 0 bridgehead atoms. The highest BCUT2D eigenvalue weighted by molar-refractivity contribution is 6.31. The van der Waals surface area contributed by atoms with Crippen LogP contribution >= 0.6 is 11.6 Å². The van der Waals surface area contributed by atoms with Crippen LogP contribution in [0.5, 0.6) is 11.5 Å². The van der Waals surface area contributed by atoms with Crippen molar-refractivity contribution in [2.45, 2.75) is 6.42 Å². The molecule has 3 aromatic rings. The summed E-state index contributed by atoms with van der Waals surface area (Å²) >= 11 is 6.12. The maximum absolute atomic E-state index is 14.5. The van der Waals surface area contributed by atoms with Crippen molar-refractivity contribution in [2.75, 3.05) is 26.3 Å². The van der Waals surface area contributed by atoms with E-state index in [0.717, 1.165) is 6.20 Å². The van der Waals surface area contributed by atoms with Gasteiger partial charge >= 0.3 is 0 Å². The molecule has 34 heavy (non-hydrogen) atoms. The lowest BCUT2D eigenvalue weighted by Gasteiger charge is -2.39. The second-order valence-electron chi connectivity index (χ2n) is 8.33. The van der Waals surface area contributed by atoms with Gasteiger partial charge < -0.3 is 14.4 Å². The number of halogens is 3. The van der Waals surface area contributed by atoms with Gasteiger partial charge in [-0.15, -0.1) is 0 Å². The molecule has 0 unspecified atom stereocenters. The maximum atomic E-state index is 14.5. The molecule has 9 heteroatoms. The SMILES string of the molecule is O=C1COc2cc(F)c(C(=O)N3CC(COc4ccc(Cl)cc4-c4ccc(F)cn4)C3)cc2C1. The third kappa shape index (κ3) is 4.46. The fraction of sp³-hybridized carbons (Fsp3) is 0.240. The van der Waals surface area contributed by atoms with Gasteiger partial charge in [0.1, 0.15) is 29.7 Å². The van der Waals surface area contributed by atoms with Gasteiger partial charge in [0.05, 0.1) is 24.1 Å². The lowest BCUT2D eigenvalue weighted by atomic mass is 9.97. The zero-order valence-electron chi connectivity index (χ0n) is 17.9. The lowest BCUT2D eigenvalue weighted by Crippen LogP contribution is -2.52. The molecule has 1 amide bonds. The van der Waals surface area contributed by atoms with Crippen molar-refractivity contribution in [3.63, 3.8) is 0 Å². The number of ether oxygens (including phenoxy) is 2. The zero-order chi connectivity index (χ0) is 23.8. The number of nitrogens with zero attached hydrogens (tertiary/aromatic N) is 2. The molecule has 0 aliphatic carbocycles. The number of hydrogen-bond acceptors (Lipinski definition) is 5. The number of aromatic nitrogens is 1. The minimum Gasteiger partial charge on any atom is -0.492 e. The molecule has 2 aromatic carbocycles. The summed E-state index contributed by atoms with van der Waals surface area (Å²) in [5, 5.41) is 0.494. The molecule has 0 N–H and O–H groups in total. The zero-order valence-corrected chi connectivity index (χ0v) is 18.6. The van der Waals surface area contributed by atoms with Crippen LogP contribution in [0.15, 0.2) is 48.7 Å². The van der Waals surface area contributed by atoms with Gasteiger partial charge in [0.2, 0.25) is 0 Å². The summed E-state index contributed by atoms with van der Waals surface area (Å²) in [7, 11) is 0. The molecule has 3 heterocycles. The number of carbonyl (C=O) groups is 2. The standard InChI is InChI=1S/C25H19ClF2N2O4/c26-16-1-4-23(20(7-16)22-3-2-17(27)9-29-22)33-12-14-10-30(11-14)25(32)19-6-15-5-18(31)13-34-24(15)8-21(19)28/h1-4,6-9,14H,5,10-13H2. The molecule has 174 valence electrons. The molecule has 1 fully saturated rings. The summed E-state index contributed by atoms with van der Waals surface area (Å²) in [5.41, 5.74) is 1.60. The summed E-state index contributed by atoms with van der Waals surface area (Å²) in [6.45, 7) is 1.06. The van der Waals surface area contributed by atoms with Crippen LogP contribution in [0.25, 0.3) is 11.3 Å². The van der Waals surface area contributed by atoms with E-state index in [4.69, 9.17) is 21.1 Å². The van der Waals surface area contributed by atoms with Gasteiger partial charge in [-0.3, -0.25) is 14.6 Å². The first kappa shape index (κ1) is 22.3. The number of rotatable bonds is 5.